The number of hydrogen-bond donors (Lipinski definition) is 1. The Hall–Kier alpha value is -1.41. The molecular formula is C14H14Cl2N4O2S. The normalized spacial score (nSPS) is 17.7. The number of halogens is 2. The van der Waals surface area contributed by atoms with Crippen LogP contribution < -0.4 is 10.2 Å². The van der Waals surface area contributed by atoms with Crippen LogP contribution in [0, 0.1) is 10.1 Å². The Morgan fingerprint density at radius 1 is 1.48 bits per heavy atom. The van der Waals surface area contributed by atoms with Crippen molar-refractivity contribution in [2.45, 2.75) is 19.0 Å². The molecule has 0 spiro atoms. The number of anilines is 1. The van der Waals surface area contributed by atoms with E-state index in [4.69, 9.17) is 23.2 Å². The molecule has 1 N–H and O–H groups in total. The van der Waals surface area contributed by atoms with E-state index in [1.54, 1.807) is 6.07 Å². The maximum absolute atomic E-state index is 10.7. The Morgan fingerprint density at radius 2 is 2.30 bits per heavy atom. The van der Waals surface area contributed by atoms with Gasteiger partial charge in [0.25, 0.3) is 0 Å². The van der Waals surface area contributed by atoms with Crippen LogP contribution in [0.5, 0.6) is 0 Å². The van der Waals surface area contributed by atoms with Crippen molar-refractivity contribution in [3.63, 3.8) is 0 Å². The lowest BCUT2D eigenvalue weighted by Crippen LogP contribution is -2.32. The van der Waals surface area contributed by atoms with Crippen LogP contribution in [0.1, 0.15) is 12.0 Å². The molecular weight excluding hydrogens is 359 g/mol. The predicted molar refractivity (Wildman–Crippen MR) is 92.7 cm³/mol. The molecule has 0 bridgehead atoms. The second-order valence-electron chi connectivity index (χ2n) is 5.29. The number of thiazole rings is 1. The van der Waals surface area contributed by atoms with Crippen LogP contribution in [0.25, 0.3) is 0 Å². The summed E-state index contributed by atoms with van der Waals surface area (Å²) in [6, 6.07) is 5.76. The molecule has 3 rings (SSSR count). The molecule has 1 atom stereocenters. The zero-order valence-electron chi connectivity index (χ0n) is 12.0. The number of nitrogens with zero attached hydrogens (tertiary/aromatic N) is 3. The van der Waals surface area contributed by atoms with Gasteiger partial charge in [-0.05, 0) is 35.5 Å². The van der Waals surface area contributed by atoms with Gasteiger partial charge in [-0.1, -0.05) is 29.3 Å². The van der Waals surface area contributed by atoms with Crippen molar-refractivity contribution in [3.8, 4) is 0 Å². The molecule has 0 unspecified atom stereocenters. The van der Waals surface area contributed by atoms with E-state index in [-0.39, 0.29) is 5.00 Å². The lowest BCUT2D eigenvalue weighted by Gasteiger charge is -2.16. The third-order valence-corrected chi connectivity index (χ3v) is 5.31. The minimum Gasteiger partial charge on any atom is -0.346 e. The van der Waals surface area contributed by atoms with Gasteiger partial charge in [-0.15, -0.1) is 0 Å². The van der Waals surface area contributed by atoms with E-state index in [1.165, 1.54) is 6.20 Å². The fraction of sp³-hybridized carbons (Fsp3) is 0.357. The van der Waals surface area contributed by atoms with E-state index < -0.39 is 4.92 Å². The summed E-state index contributed by atoms with van der Waals surface area (Å²) in [6.45, 7) is 2.26. The molecule has 1 aliphatic rings. The molecule has 6 nitrogen and oxygen atoms in total. The summed E-state index contributed by atoms with van der Waals surface area (Å²) in [5.41, 5.74) is 0.999. The molecule has 1 saturated heterocycles. The molecule has 122 valence electrons. The Balaban J connectivity index is 1.56. The van der Waals surface area contributed by atoms with Crippen molar-refractivity contribution in [1.82, 2.24) is 10.3 Å². The average molecular weight is 373 g/mol. The summed E-state index contributed by atoms with van der Waals surface area (Å²) in [6.07, 6.45) is 2.27. The molecule has 9 heteroatoms. The Bertz CT molecular complexity index is 725. The third kappa shape index (κ3) is 3.92. The molecule has 0 aliphatic carbocycles. The highest BCUT2D eigenvalue weighted by Gasteiger charge is 2.26. The number of rotatable bonds is 5. The van der Waals surface area contributed by atoms with Gasteiger partial charge in [0.2, 0.25) is 0 Å². The van der Waals surface area contributed by atoms with E-state index in [9.17, 15) is 10.1 Å². The van der Waals surface area contributed by atoms with E-state index in [0.717, 1.165) is 36.4 Å². The number of benzene rings is 1. The van der Waals surface area contributed by atoms with Crippen LogP contribution in [-0.2, 0) is 6.54 Å². The van der Waals surface area contributed by atoms with E-state index >= 15 is 0 Å². The van der Waals surface area contributed by atoms with Gasteiger partial charge in [-0.25, -0.2) is 4.98 Å². The first-order valence-electron chi connectivity index (χ1n) is 7.05. The summed E-state index contributed by atoms with van der Waals surface area (Å²) in [4.78, 5) is 16.5. The Kier molecular flexibility index (Phi) is 5.01. The van der Waals surface area contributed by atoms with Crippen molar-refractivity contribution in [1.29, 1.82) is 0 Å². The van der Waals surface area contributed by atoms with Crippen LogP contribution in [-0.4, -0.2) is 29.0 Å². The molecule has 1 aliphatic heterocycles. The van der Waals surface area contributed by atoms with Crippen molar-refractivity contribution in [2.75, 3.05) is 18.0 Å². The maximum atomic E-state index is 10.7. The molecule has 2 aromatic rings. The van der Waals surface area contributed by atoms with Gasteiger partial charge in [0, 0.05) is 35.7 Å². The number of nitro groups is 1. The SMILES string of the molecule is O=[N+]([O-])c1cnc(N2CC[C@H](NCc3ccc(Cl)cc3Cl)C2)s1. The zero-order chi connectivity index (χ0) is 16.4. The van der Waals surface area contributed by atoms with Gasteiger partial charge in [0.1, 0.15) is 6.20 Å². The fourth-order valence-electron chi connectivity index (χ4n) is 2.51. The number of hydrogen-bond acceptors (Lipinski definition) is 6. The highest BCUT2D eigenvalue weighted by atomic mass is 35.5. The van der Waals surface area contributed by atoms with Crippen molar-refractivity contribution < 1.29 is 4.92 Å². The minimum atomic E-state index is -0.407. The van der Waals surface area contributed by atoms with Crippen molar-refractivity contribution in [2.24, 2.45) is 0 Å². The molecule has 0 radical (unpaired) electrons. The van der Waals surface area contributed by atoms with Crippen LogP contribution in [0.15, 0.2) is 24.4 Å². The summed E-state index contributed by atoms with van der Waals surface area (Å²) >= 11 is 13.2. The second kappa shape index (κ2) is 7.00. The second-order valence-corrected chi connectivity index (χ2v) is 7.12. The summed E-state index contributed by atoms with van der Waals surface area (Å²) in [5.74, 6) is 0. The third-order valence-electron chi connectivity index (χ3n) is 3.72. The summed E-state index contributed by atoms with van der Waals surface area (Å²) in [7, 11) is 0. The first-order valence-corrected chi connectivity index (χ1v) is 8.62. The topological polar surface area (TPSA) is 71.3 Å². The largest absolute Gasteiger partial charge is 0.346 e. The van der Waals surface area contributed by atoms with Crippen LogP contribution in [0.3, 0.4) is 0 Å². The number of aromatic nitrogens is 1. The van der Waals surface area contributed by atoms with Gasteiger partial charge >= 0.3 is 5.00 Å². The smallest absolute Gasteiger partial charge is 0.345 e. The molecule has 1 aromatic heterocycles. The van der Waals surface area contributed by atoms with Crippen LogP contribution in [0.2, 0.25) is 10.0 Å². The average Bonchev–Trinajstić information content (AvgIpc) is 3.15. The van der Waals surface area contributed by atoms with Crippen molar-refractivity contribution in [3.05, 3.63) is 50.1 Å². The lowest BCUT2D eigenvalue weighted by molar-refractivity contribution is -0.380. The molecule has 0 saturated carbocycles. The summed E-state index contributed by atoms with van der Waals surface area (Å²) in [5, 5.41) is 16.2. The standard InChI is InChI=1S/C14H14Cl2N4O2S/c15-10-2-1-9(12(16)5-10)6-17-11-3-4-19(8-11)14-18-7-13(23-14)20(21)22/h1-2,5,7,11,17H,3-4,6,8H2/t11-/m0/s1. The van der Waals surface area contributed by atoms with Gasteiger partial charge in [-0.3, -0.25) is 10.1 Å². The number of nitrogens with one attached hydrogen (secondary N) is 1. The molecule has 1 aromatic carbocycles. The molecule has 23 heavy (non-hydrogen) atoms. The van der Waals surface area contributed by atoms with Crippen LogP contribution >= 0.6 is 34.5 Å². The van der Waals surface area contributed by atoms with E-state index in [1.807, 2.05) is 12.1 Å². The van der Waals surface area contributed by atoms with Gasteiger partial charge in [0.05, 0.1) is 4.92 Å². The predicted octanol–water partition coefficient (Wildman–Crippen LogP) is 3.73. The molecule has 2 heterocycles. The van der Waals surface area contributed by atoms with E-state index in [2.05, 4.69) is 15.2 Å². The monoisotopic (exact) mass is 372 g/mol. The van der Waals surface area contributed by atoms with Crippen molar-refractivity contribution >= 4 is 44.7 Å². The molecule has 1 fully saturated rings. The maximum Gasteiger partial charge on any atom is 0.345 e. The lowest BCUT2D eigenvalue weighted by atomic mass is 10.2. The van der Waals surface area contributed by atoms with Gasteiger partial charge in [-0.2, -0.15) is 0 Å². The fourth-order valence-corrected chi connectivity index (χ4v) is 3.75. The van der Waals surface area contributed by atoms with E-state index in [0.29, 0.717) is 27.8 Å². The highest BCUT2D eigenvalue weighted by Crippen LogP contribution is 2.30. The minimum absolute atomic E-state index is 0.0735. The quantitative estimate of drug-likeness (QED) is 0.639. The van der Waals surface area contributed by atoms with Gasteiger partial charge < -0.3 is 10.2 Å². The zero-order valence-corrected chi connectivity index (χ0v) is 14.4. The van der Waals surface area contributed by atoms with Crippen LogP contribution in [0.4, 0.5) is 10.1 Å². The first kappa shape index (κ1) is 16.4. The van der Waals surface area contributed by atoms with Gasteiger partial charge in [0.15, 0.2) is 5.13 Å². The highest BCUT2D eigenvalue weighted by molar-refractivity contribution is 7.18. The Labute approximate surface area is 147 Å². The Morgan fingerprint density at radius 3 is 3.00 bits per heavy atom. The summed E-state index contributed by atoms with van der Waals surface area (Å²) < 4.78 is 0. The molecule has 0 amide bonds. The first-order chi connectivity index (χ1) is 11.0.